The quantitative estimate of drug-likeness (QED) is 0.781. The van der Waals surface area contributed by atoms with E-state index in [9.17, 15) is 4.39 Å². The molecule has 4 atom stereocenters. The first-order valence-corrected chi connectivity index (χ1v) is 9.06. The van der Waals surface area contributed by atoms with Crippen LogP contribution in [0.5, 0.6) is 0 Å². The molecule has 4 unspecified atom stereocenters. The fourth-order valence-electron chi connectivity index (χ4n) is 3.56. The van der Waals surface area contributed by atoms with Crippen LogP contribution in [0.2, 0.25) is 0 Å². The third-order valence-corrected chi connectivity index (χ3v) is 5.04. The van der Waals surface area contributed by atoms with Crippen molar-refractivity contribution in [3.63, 3.8) is 0 Å². The highest BCUT2D eigenvalue weighted by atomic mass is 19.1. The summed E-state index contributed by atoms with van der Waals surface area (Å²) in [6, 6.07) is 6.55. The smallest absolute Gasteiger partial charge is 0.128 e. The third kappa shape index (κ3) is 4.37. The van der Waals surface area contributed by atoms with Crippen LogP contribution < -0.4 is 16.0 Å². The van der Waals surface area contributed by atoms with Crippen molar-refractivity contribution >= 4 is 5.69 Å². The van der Waals surface area contributed by atoms with Crippen LogP contribution in [0.15, 0.2) is 30.4 Å². The predicted molar refractivity (Wildman–Crippen MR) is 101 cm³/mol. The Morgan fingerprint density at radius 3 is 2.54 bits per heavy atom. The zero-order valence-corrected chi connectivity index (χ0v) is 15.6. The van der Waals surface area contributed by atoms with Crippen LogP contribution >= 0.6 is 0 Å². The number of hydrogen-bond acceptors (Lipinski definition) is 3. The maximum Gasteiger partial charge on any atom is 0.128 e. The van der Waals surface area contributed by atoms with Crippen LogP contribution in [0.3, 0.4) is 0 Å². The van der Waals surface area contributed by atoms with E-state index < -0.39 is 0 Å². The second-order valence-corrected chi connectivity index (χ2v) is 7.26. The molecule has 1 aliphatic rings. The summed E-state index contributed by atoms with van der Waals surface area (Å²) < 4.78 is 13.9. The number of aryl methyl sites for hydroxylation is 1. The number of nitrogens with two attached hydrogens (primary N) is 1. The van der Waals surface area contributed by atoms with E-state index in [2.05, 4.69) is 50.1 Å². The molecule has 0 saturated heterocycles. The highest BCUT2D eigenvalue weighted by Gasteiger charge is 2.29. The molecule has 0 bridgehead atoms. The van der Waals surface area contributed by atoms with Gasteiger partial charge in [0.15, 0.2) is 0 Å². The number of halogens is 1. The van der Waals surface area contributed by atoms with E-state index in [0.717, 1.165) is 18.7 Å². The van der Waals surface area contributed by atoms with Gasteiger partial charge in [-0.25, -0.2) is 4.39 Å². The maximum atomic E-state index is 13.9. The summed E-state index contributed by atoms with van der Waals surface area (Å²) in [7, 11) is 0. The minimum atomic E-state index is -0.143. The molecule has 1 aliphatic carbocycles. The average Bonchev–Trinajstić information content (AvgIpc) is 2.53. The van der Waals surface area contributed by atoms with E-state index in [1.165, 1.54) is 0 Å². The zero-order chi connectivity index (χ0) is 17.9. The fourth-order valence-corrected chi connectivity index (χ4v) is 3.56. The van der Waals surface area contributed by atoms with Crippen molar-refractivity contribution in [3.8, 4) is 0 Å². The normalized spacial score (nSPS) is 25.1. The van der Waals surface area contributed by atoms with Crippen molar-refractivity contribution in [1.29, 1.82) is 0 Å². The van der Waals surface area contributed by atoms with Gasteiger partial charge in [-0.2, -0.15) is 0 Å². The second-order valence-electron chi connectivity index (χ2n) is 7.26. The molecular weight excluding hydrogens is 301 g/mol. The Balaban J connectivity index is 2.14. The Morgan fingerprint density at radius 2 is 2.00 bits per heavy atom. The van der Waals surface area contributed by atoms with Crippen LogP contribution in [0, 0.1) is 18.7 Å². The van der Waals surface area contributed by atoms with Crippen molar-refractivity contribution in [3.05, 3.63) is 41.7 Å². The number of nitrogens with one attached hydrogen (secondary N) is 1. The molecule has 0 amide bonds. The summed E-state index contributed by atoms with van der Waals surface area (Å²) in [5.74, 6) is 0.227. The molecule has 0 fully saturated rings. The van der Waals surface area contributed by atoms with E-state index >= 15 is 0 Å². The third-order valence-electron chi connectivity index (χ3n) is 5.04. The molecule has 134 valence electrons. The molecule has 3 N–H and O–H groups in total. The highest BCUT2D eigenvalue weighted by Crippen LogP contribution is 2.28. The molecule has 0 aromatic heterocycles. The fraction of sp³-hybridized carbons (Fsp3) is 0.600. The Hall–Kier alpha value is -1.39. The summed E-state index contributed by atoms with van der Waals surface area (Å²) in [6.07, 6.45) is 5.42. The van der Waals surface area contributed by atoms with Gasteiger partial charge in [-0.15, -0.1) is 0 Å². The van der Waals surface area contributed by atoms with Crippen molar-refractivity contribution in [1.82, 2.24) is 5.32 Å². The predicted octanol–water partition coefficient (Wildman–Crippen LogP) is 3.62. The second kappa shape index (κ2) is 8.13. The lowest BCUT2D eigenvalue weighted by molar-refractivity contribution is 0.351. The van der Waals surface area contributed by atoms with Gasteiger partial charge in [-0.05, 0) is 50.8 Å². The molecule has 1 aromatic rings. The lowest BCUT2D eigenvalue weighted by Gasteiger charge is -2.39. The summed E-state index contributed by atoms with van der Waals surface area (Å²) in [5, 5.41) is 3.50. The molecule has 2 rings (SSSR count). The topological polar surface area (TPSA) is 41.3 Å². The minimum Gasteiger partial charge on any atom is -0.368 e. The summed E-state index contributed by atoms with van der Waals surface area (Å²) in [5.41, 5.74) is 8.01. The van der Waals surface area contributed by atoms with Crippen LogP contribution in [-0.4, -0.2) is 30.7 Å². The molecular formula is C20H32FN3. The minimum absolute atomic E-state index is 0.110. The molecule has 0 aliphatic heterocycles. The van der Waals surface area contributed by atoms with Crippen LogP contribution in [-0.2, 0) is 0 Å². The SMILES string of the molecule is CCN(c1ccc(C)c(F)c1)C(C)C1C=CC(NC(C)C)C(N)C1. The first-order valence-electron chi connectivity index (χ1n) is 9.06. The zero-order valence-electron chi connectivity index (χ0n) is 15.6. The lowest BCUT2D eigenvalue weighted by atomic mass is 9.84. The Bertz CT molecular complexity index is 570. The summed E-state index contributed by atoms with van der Waals surface area (Å²) >= 11 is 0. The first kappa shape index (κ1) is 18.9. The van der Waals surface area contributed by atoms with E-state index in [1.807, 2.05) is 12.1 Å². The number of hydrogen-bond donors (Lipinski definition) is 2. The van der Waals surface area contributed by atoms with Crippen LogP contribution in [0.1, 0.15) is 39.7 Å². The summed E-state index contributed by atoms with van der Waals surface area (Å²) in [6.45, 7) is 11.2. The van der Waals surface area contributed by atoms with E-state index in [0.29, 0.717) is 17.5 Å². The molecule has 0 heterocycles. The lowest BCUT2D eigenvalue weighted by Crippen LogP contribution is -2.51. The van der Waals surface area contributed by atoms with Crippen molar-refractivity contribution in [2.24, 2.45) is 11.7 Å². The number of rotatable bonds is 6. The number of benzene rings is 1. The Morgan fingerprint density at radius 1 is 1.29 bits per heavy atom. The monoisotopic (exact) mass is 333 g/mol. The van der Waals surface area contributed by atoms with Gasteiger partial charge in [0.1, 0.15) is 5.82 Å². The summed E-state index contributed by atoms with van der Waals surface area (Å²) in [4.78, 5) is 2.26. The van der Waals surface area contributed by atoms with Gasteiger partial charge >= 0.3 is 0 Å². The Kier molecular flexibility index (Phi) is 6.41. The standard InChI is InChI=1S/C20H32FN3/c1-6-24(17-9-7-14(4)18(21)12-17)15(5)16-8-10-20(19(22)11-16)23-13(2)3/h7-10,12-13,15-16,19-20,23H,6,11,22H2,1-5H3. The van der Waals surface area contributed by atoms with Gasteiger partial charge in [-0.1, -0.05) is 32.1 Å². The molecule has 1 aromatic carbocycles. The molecule has 4 heteroatoms. The number of nitrogens with zero attached hydrogens (tertiary/aromatic N) is 1. The van der Waals surface area contributed by atoms with Crippen molar-refractivity contribution in [2.75, 3.05) is 11.4 Å². The largest absolute Gasteiger partial charge is 0.368 e. The molecule has 0 saturated carbocycles. The van der Waals surface area contributed by atoms with Gasteiger partial charge in [0, 0.05) is 36.4 Å². The first-order chi connectivity index (χ1) is 11.3. The van der Waals surface area contributed by atoms with Crippen molar-refractivity contribution in [2.45, 2.75) is 65.2 Å². The molecule has 0 radical (unpaired) electrons. The number of anilines is 1. The van der Waals surface area contributed by atoms with Gasteiger partial charge < -0.3 is 16.0 Å². The Labute approximate surface area is 146 Å². The van der Waals surface area contributed by atoms with E-state index in [-0.39, 0.29) is 23.9 Å². The van der Waals surface area contributed by atoms with E-state index in [1.54, 1.807) is 13.0 Å². The molecule has 24 heavy (non-hydrogen) atoms. The molecule has 3 nitrogen and oxygen atoms in total. The van der Waals surface area contributed by atoms with Crippen LogP contribution in [0.25, 0.3) is 0 Å². The van der Waals surface area contributed by atoms with Gasteiger partial charge in [0.05, 0.1) is 0 Å². The molecule has 0 spiro atoms. The average molecular weight is 333 g/mol. The van der Waals surface area contributed by atoms with E-state index in [4.69, 9.17) is 5.73 Å². The van der Waals surface area contributed by atoms with Crippen molar-refractivity contribution < 1.29 is 4.39 Å². The maximum absolute atomic E-state index is 13.9. The van der Waals surface area contributed by atoms with Crippen LogP contribution in [0.4, 0.5) is 10.1 Å². The van der Waals surface area contributed by atoms with Gasteiger partial charge in [-0.3, -0.25) is 0 Å². The van der Waals surface area contributed by atoms with Gasteiger partial charge in [0.2, 0.25) is 0 Å². The highest BCUT2D eigenvalue weighted by molar-refractivity contribution is 5.49. The van der Waals surface area contributed by atoms with Gasteiger partial charge in [0.25, 0.3) is 0 Å².